The van der Waals surface area contributed by atoms with Gasteiger partial charge in [0.15, 0.2) is 23.2 Å². The lowest BCUT2D eigenvalue weighted by Gasteiger charge is -2.10. The number of thiazole rings is 1. The molecule has 190 valence electrons. The molecule has 2 aromatic heterocycles. The number of methoxy groups -OCH3 is 2. The van der Waals surface area contributed by atoms with Gasteiger partial charge in [-0.25, -0.2) is 14.8 Å². The third-order valence-electron chi connectivity index (χ3n) is 5.77. The normalized spacial score (nSPS) is 10.7. The Morgan fingerprint density at radius 2 is 1.58 bits per heavy atom. The molecule has 0 saturated heterocycles. The predicted molar refractivity (Wildman–Crippen MR) is 147 cm³/mol. The Bertz CT molecular complexity index is 1620. The van der Waals surface area contributed by atoms with Gasteiger partial charge in [-0.3, -0.25) is 10.1 Å². The quantitative estimate of drug-likeness (QED) is 0.254. The summed E-state index contributed by atoms with van der Waals surface area (Å²) < 4.78 is 16.0. The molecule has 5 aromatic rings. The van der Waals surface area contributed by atoms with Crippen LogP contribution in [-0.4, -0.2) is 42.7 Å². The maximum Gasteiger partial charge on any atom is 0.339 e. The van der Waals surface area contributed by atoms with Crippen LogP contribution in [0.5, 0.6) is 11.5 Å². The van der Waals surface area contributed by atoms with Crippen LogP contribution in [0.2, 0.25) is 0 Å². The SMILES string of the molecule is COc1ccc(-c2csc(NC(=O)COC(=O)c3cc(-c4ccccc4)nc4ccccc34)n2)cc1OC. The molecule has 38 heavy (non-hydrogen) atoms. The van der Waals surface area contributed by atoms with Gasteiger partial charge in [-0.1, -0.05) is 48.5 Å². The van der Waals surface area contributed by atoms with Gasteiger partial charge >= 0.3 is 5.97 Å². The van der Waals surface area contributed by atoms with Gasteiger partial charge in [0.2, 0.25) is 0 Å². The van der Waals surface area contributed by atoms with Gasteiger partial charge < -0.3 is 14.2 Å². The molecule has 0 unspecified atom stereocenters. The fourth-order valence-corrected chi connectivity index (χ4v) is 4.66. The smallest absolute Gasteiger partial charge is 0.339 e. The van der Waals surface area contributed by atoms with E-state index in [1.807, 2.05) is 66.0 Å². The maximum absolute atomic E-state index is 13.0. The lowest BCUT2D eigenvalue weighted by atomic mass is 10.0. The third-order valence-corrected chi connectivity index (χ3v) is 6.53. The van der Waals surface area contributed by atoms with Gasteiger partial charge in [-0.05, 0) is 30.3 Å². The predicted octanol–water partition coefficient (Wildman–Crippen LogP) is 5.84. The van der Waals surface area contributed by atoms with E-state index in [4.69, 9.17) is 14.2 Å². The standard InChI is InChI=1S/C29H23N3O5S/c1-35-25-13-12-19(14-26(25)36-2)24-17-38-29(31-24)32-27(33)16-37-28(34)21-15-23(18-8-4-3-5-9-18)30-22-11-7-6-10-20(21)22/h3-15,17H,16H2,1-2H3,(H,31,32,33). The van der Waals surface area contributed by atoms with Crippen LogP contribution in [-0.2, 0) is 9.53 Å². The molecular formula is C29H23N3O5S. The minimum atomic E-state index is -0.610. The average molecular weight is 526 g/mol. The molecule has 1 N–H and O–H groups in total. The number of esters is 1. The second kappa shape index (κ2) is 11.1. The van der Waals surface area contributed by atoms with Gasteiger partial charge in [0, 0.05) is 21.9 Å². The van der Waals surface area contributed by atoms with E-state index in [1.165, 1.54) is 11.3 Å². The number of ether oxygens (including phenoxy) is 3. The van der Waals surface area contributed by atoms with Crippen LogP contribution in [0.1, 0.15) is 10.4 Å². The van der Waals surface area contributed by atoms with Gasteiger partial charge in [-0.15, -0.1) is 11.3 Å². The van der Waals surface area contributed by atoms with E-state index >= 15 is 0 Å². The summed E-state index contributed by atoms with van der Waals surface area (Å²) in [7, 11) is 3.13. The van der Waals surface area contributed by atoms with Crippen LogP contribution < -0.4 is 14.8 Å². The Morgan fingerprint density at radius 1 is 0.816 bits per heavy atom. The number of aromatic nitrogens is 2. The Hall–Kier alpha value is -4.76. The average Bonchev–Trinajstić information content (AvgIpc) is 3.43. The molecule has 0 bridgehead atoms. The first-order chi connectivity index (χ1) is 18.6. The number of nitrogens with zero attached hydrogens (tertiary/aromatic N) is 2. The first-order valence-electron chi connectivity index (χ1n) is 11.7. The highest BCUT2D eigenvalue weighted by molar-refractivity contribution is 7.14. The summed E-state index contributed by atoms with van der Waals surface area (Å²) in [6.07, 6.45) is 0. The van der Waals surface area contributed by atoms with Crippen LogP contribution >= 0.6 is 11.3 Å². The van der Waals surface area contributed by atoms with Gasteiger partial charge in [0.1, 0.15) is 0 Å². The number of amides is 1. The number of pyridine rings is 1. The molecule has 0 fully saturated rings. The summed E-state index contributed by atoms with van der Waals surface area (Å²) >= 11 is 1.26. The molecule has 3 aromatic carbocycles. The van der Waals surface area contributed by atoms with Crippen LogP contribution in [0.4, 0.5) is 5.13 Å². The zero-order chi connectivity index (χ0) is 26.5. The molecule has 0 aliphatic rings. The highest BCUT2D eigenvalue weighted by Crippen LogP contribution is 2.33. The number of rotatable bonds is 8. The number of hydrogen-bond donors (Lipinski definition) is 1. The van der Waals surface area contributed by atoms with E-state index in [1.54, 1.807) is 32.4 Å². The van der Waals surface area contributed by atoms with E-state index in [-0.39, 0.29) is 0 Å². The molecule has 0 aliphatic heterocycles. The second-order valence-corrected chi connectivity index (χ2v) is 9.03. The molecule has 5 rings (SSSR count). The second-order valence-electron chi connectivity index (χ2n) is 8.17. The van der Waals surface area contributed by atoms with Crippen LogP contribution in [0.15, 0.2) is 84.2 Å². The maximum atomic E-state index is 13.0. The number of anilines is 1. The van der Waals surface area contributed by atoms with E-state index in [9.17, 15) is 9.59 Å². The third kappa shape index (κ3) is 5.33. The van der Waals surface area contributed by atoms with Crippen LogP contribution in [0.25, 0.3) is 33.4 Å². The van der Waals surface area contributed by atoms with Crippen molar-refractivity contribution < 1.29 is 23.8 Å². The summed E-state index contributed by atoms with van der Waals surface area (Å²) in [5.41, 5.74) is 4.00. The number of carbonyl (C=O) groups excluding carboxylic acids is 2. The van der Waals surface area contributed by atoms with Crippen molar-refractivity contribution in [1.29, 1.82) is 0 Å². The minimum Gasteiger partial charge on any atom is -0.493 e. The molecule has 0 radical (unpaired) electrons. The largest absolute Gasteiger partial charge is 0.493 e. The summed E-state index contributed by atoms with van der Waals surface area (Å²) in [6, 6.07) is 24.0. The zero-order valence-electron chi connectivity index (χ0n) is 20.6. The number of para-hydroxylation sites is 1. The van der Waals surface area contributed by atoms with Gasteiger partial charge in [0.05, 0.1) is 36.7 Å². The number of fused-ring (bicyclic) bond motifs is 1. The van der Waals surface area contributed by atoms with Crippen molar-refractivity contribution >= 4 is 39.2 Å². The van der Waals surface area contributed by atoms with Crippen LogP contribution in [0, 0.1) is 0 Å². The Kier molecular flexibility index (Phi) is 7.28. The zero-order valence-corrected chi connectivity index (χ0v) is 21.5. The van der Waals surface area contributed by atoms with Crippen molar-refractivity contribution in [3.05, 3.63) is 89.8 Å². The number of benzene rings is 3. The molecule has 0 spiro atoms. The first kappa shape index (κ1) is 24.9. The topological polar surface area (TPSA) is 99.6 Å². The van der Waals surface area contributed by atoms with Crippen molar-refractivity contribution in [1.82, 2.24) is 9.97 Å². The van der Waals surface area contributed by atoms with Crippen molar-refractivity contribution in [2.75, 3.05) is 26.1 Å². The van der Waals surface area contributed by atoms with E-state index in [2.05, 4.69) is 15.3 Å². The van der Waals surface area contributed by atoms with E-state index in [0.717, 1.165) is 11.1 Å². The highest BCUT2D eigenvalue weighted by Gasteiger charge is 2.17. The fraction of sp³-hybridized carbons (Fsp3) is 0.103. The van der Waals surface area contributed by atoms with E-state index < -0.39 is 18.5 Å². The molecular weight excluding hydrogens is 502 g/mol. The lowest BCUT2D eigenvalue weighted by Crippen LogP contribution is -2.21. The number of nitrogens with one attached hydrogen (secondary N) is 1. The lowest BCUT2D eigenvalue weighted by molar-refractivity contribution is -0.119. The molecule has 1 amide bonds. The van der Waals surface area contributed by atoms with E-state index in [0.29, 0.717) is 44.5 Å². The molecule has 0 saturated carbocycles. The summed E-state index contributed by atoms with van der Waals surface area (Å²) in [5.74, 6) is 0.0866. The van der Waals surface area contributed by atoms with Gasteiger partial charge in [-0.2, -0.15) is 0 Å². The monoisotopic (exact) mass is 525 g/mol. The fourth-order valence-electron chi connectivity index (χ4n) is 3.92. The van der Waals surface area contributed by atoms with Gasteiger partial charge in [0.25, 0.3) is 5.91 Å². The summed E-state index contributed by atoms with van der Waals surface area (Å²) in [4.78, 5) is 34.7. The Labute approximate surface area is 222 Å². The van der Waals surface area contributed by atoms with Crippen molar-refractivity contribution in [3.63, 3.8) is 0 Å². The molecule has 0 atom stereocenters. The summed E-state index contributed by atoms with van der Waals surface area (Å²) in [6.45, 7) is -0.457. The Morgan fingerprint density at radius 3 is 2.37 bits per heavy atom. The Balaban J connectivity index is 1.28. The van der Waals surface area contributed by atoms with Crippen molar-refractivity contribution in [2.45, 2.75) is 0 Å². The molecule has 0 aliphatic carbocycles. The number of carbonyl (C=O) groups is 2. The van der Waals surface area contributed by atoms with Crippen molar-refractivity contribution in [3.8, 4) is 34.0 Å². The molecule has 8 nitrogen and oxygen atoms in total. The first-order valence-corrected chi connectivity index (χ1v) is 12.5. The minimum absolute atomic E-state index is 0.340. The summed E-state index contributed by atoms with van der Waals surface area (Å²) in [5, 5.41) is 5.54. The number of hydrogen-bond acceptors (Lipinski definition) is 8. The highest BCUT2D eigenvalue weighted by atomic mass is 32.1. The van der Waals surface area contributed by atoms with Crippen LogP contribution in [0.3, 0.4) is 0 Å². The molecule has 2 heterocycles. The van der Waals surface area contributed by atoms with Crippen molar-refractivity contribution in [2.24, 2.45) is 0 Å². The molecule has 9 heteroatoms.